The van der Waals surface area contributed by atoms with Gasteiger partial charge < -0.3 is 14.4 Å². The van der Waals surface area contributed by atoms with Crippen LogP contribution in [0.1, 0.15) is 24.8 Å². The normalized spacial score (nSPS) is 27.1. The topological polar surface area (TPSA) is 38.8 Å². The Balaban J connectivity index is 1.28. The smallest absolute Gasteiger partial charge is 0.225 e. The molecule has 1 spiro atoms. The molecule has 3 aliphatic rings. The van der Waals surface area contributed by atoms with Gasteiger partial charge in [0.05, 0.1) is 12.7 Å². The van der Waals surface area contributed by atoms with Crippen LogP contribution in [-0.2, 0) is 20.7 Å². The van der Waals surface area contributed by atoms with Gasteiger partial charge in [0.25, 0.3) is 0 Å². The highest BCUT2D eigenvalue weighted by Crippen LogP contribution is 2.42. The Labute approximate surface area is 137 Å². The molecule has 0 aliphatic carbocycles. The van der Waals surface area contributed by atoms with E-state index in [-0.39, 0.29) is 11.3 Å². The summed E-state index contributed by atoms with van der Waals surface area (Å²) in [7, 11) is 0. The molecule has 0 saturated carbocycles. The Morgan fingerprint density at radius 1 is 1.17 bits per heavy atom. The maximum Gasteiger partial charge on any atom is 0.225 e. The van der Waals surface area contributed by atoms with Crippen molar-refractivity contribution in [3.8, 4) is 0 Å². The number of amides is 1. The van der Waals surface area contributed by atoms with E-state index in [2.05, 4.69) is 24.3 Å². The molecule has 0 bridgehead atoms. The summed E-state index contributed by atoms with van der Waals surface area (Å²) in [5.41, 5.74) is 1.56. The van der Waals surface area contributed by atoms with Crippen molar-refractivity contribution in [3.63, 3.8) is 0 Å². The number of nitrogens with zero attached hydrogens (tertiary/aromatic N) is 1. The van der Waals surface area contributed by atoms with Crippen molar-refractivity contribution in [3.05, 3.63) is 35.9 Å². The molecule has 3 saturated heterocycles. The number of rotatable bonds is 3. The van der Waals surface area contributed by atoms with E-state index < -0.39 is 0 Å². The number of carbonyl (C=O) groups is 1. The largest absolute Gasteiger partial charge is 0.381 e. The fraction of sp³-hybridized carbons (Fsp3) is 0.632. The van der Waals surface area contributed by atoms with Gasteiger partial charge in [0.15, 0.2) is 0 Å². The van der Waals surface area contributed by atoms with E-state index in [1.165, 1.54) is 5.56 Å². The summed E-state index contributed by atoms with van der Waals surface area (Å²) in [6.07, 6.45) is 4.14. The lowest BCUT2D eigenvalue weighted by molar-refractivity contribution is -0.150. The molecule has 0 radical (unpaired) electrons. The maximum atomic E-state index is 12.5. The summed E-state index contributed by atoms with van der Waals surface area (Å²) >= 11 is 0. The molecule has 4 heteroatoms. The van der Waals surface area contributed by atoms with Crippen molar-refractivity contribution < 1.29 is 14.3 Å². The van der Waals surface area contributed by atoms with Crippen molar-refractivity contribution in [2.75, 3.05) is 32.9 Å². The molecule has 1 aromatic rings. The molecule has 23 heavy (non-hydrogen) atoms. The molecule has 3 heterocycles. The van der Waals surface area contributed by atoms with Crippen LogP contribution in [0.3, 0.4) is 0 Å². The highest BCUT2D eigenvalue weighted by molar-refractivity contribution is 5.80. The molecule has 1 amide bonds. The van der Waals surface area contributed by atoms with Gasteiger partial charge in [-0.05, 0) is 31.2 Å². The second-order valence-electron chi connectivity index (χ2n) is 7.41. The van der Waals surface area contributed by atoms with Crippen LogP contribution in [0.25, 0.3) is 0 Å². The van der Waals surface area contributed by atoms with E-state index in [0.717, 1.165) is 58.6 Å². The second kappa shape index (κ2) is 6.25. The fourth-order valence-corrected chi connectivity index (χ4v) is 4.25. The van der Waals surface area contributed by atoms with Crippen molar-refractivity contribution in [1.82, 2.24) is 4.90 Å². The van der Waals surface area contributed by atoms with Crippen LogP contribution in [0.5, 0.6) is 0 Å². The second-order valence-corrected chi connectivity index (χ2v) is 7.41. The molecule has 1 aromatic carbocycles. The Morgan fingerprint density at radius 3 is 2.65 bits per heavy atom. The first-order valence-electron chi connectivity index (χ1n) is 8.76. The van der Waals surface area contributed by atoms with E-state index in [9.17, 15) is 4.79 Å². The van der Waals surface area contributed by atoms with Crippen molar-refractivity contribution in [2.45, 2.75) is 31.8 Å². The first-order valence-corrected chi connectivity index (χ1v) is 8.76. The molecule has 3 aliphatic heterocycles. The summed E-state index contributed by atoms with van der Waals surface area (Å²) in [5, 5.41) is 0. The highest BCUT2D eigenvalue weighted by Gasteiger charge is 2.51. The average molecular weight is 315 g/mol. The number of ether oxygens (including phenoxy) is 2. The SMILES string of the molecule is O=C(C1CCOCC1)N1CC2(CO[C@H](Cc3ccccc3)C2)C1. The zero-order valence-corrected chi connectivity index (χ0v) is 13.6. The highest BCUT2D eigenvalue weighted by atomic mass is 16.5. The molecular weight excluding hydrogens is 290 g/mol. The Hall–Kier alpha value is -1.39. The molecule has 0 unspecified atom stereocenters. The zero-order chi connectivity index (χ0) is 15.7. The molecule has 124 valence electrons. The molecule has 0 aromatic heterocycles. The minimum Gasteiger partial charge on any atom is -0.381 e. The monoisotopic (exact) mass is 315 g/mol. The summed E-state index contributed by atoms with van der Waals surface area (Å²) in [4.78, 5) is 14.6. The number of hydrogen-bond acceptors (Lipinski definition) is 3. The van der Waals surface area contributed by atoms with Gasteiger partial charge in [-0.25, -0.2) is 0 Å². The standard InChI is InChI=1S/C19H25NO3/c21-18(16-6-8-22-9-7-16)20-12-19(13-20)11-17(23-14-19)10-15-4-2-1-3-5-15/h1-5,16-17H,6-14H2/t17-/m1/s1. The van der Waals surface area contributed by atoms with Crippen LogP contribution >= 0.6 is 0 Å². The summed E-state index contributed by atoms with van der Waals surface area (Å²) in [6.45, 7) is 4.04. The third kappa shape index (κ3) is 3.15. The Kier molecular flexibility index (Phi) is 4.12. The number of benzene rings is 1. The lowest BCUT2D eigenvalue weighted by Gasteiger charge is -2.48. The molecule has 1 atom stereocenters. The summed E-state index contributed by atoms with van der Waals surface area (Å²) in [6, 6.07) is 10.5. The van der Waals surface area contributed by atoms with Crippen LogP contribution in [0, 0.1) is 11.3 Å². The van der Waals surface area contributed by atoms with Crippen molar-refractivity contribution in [2.24, 2.45) is 11.3 Å². The van der Waals surface area contributed by atoms with Gasteiger partial charge in [-0.3, -0.25) is 4.79 Å². The maximum absolute atomic E-state index is 12.5. The number of carbonyl (C=O) groups excluding carboxylic acids is 1. The van der Waals surface area contributed by atoms with Crippen LogP contribution in [0.4, 0.5) is 0 Å². The van der Waals surface area contributed by atoms with Gasteiger partial charge in [-0.15, -0.1) is 0 Å². The number of hydrogen-bond donors (Lipinski definition) is 0. The summed E-state index contributed by atoms with van der Waals surface area (Å²) in [5.74, 6) is 0.522. The van der Waals surface area contributed by atoms with Crippen LogP contribution in [0.15, 0.2) is 30.3 Å². The predicted octanol–water partition coefficient (Wildman–Crippen LogP) is 2.27. The molecule has 4 nitrogen and oxygen atoms in total. The van der Waals surface area contributed by atoms with Crippen LogP contribution < -0.4 is 0 Å². The van der Waals surface area contributed by atoms with E-state index in [4.69, 9.17) is 9.47 Å². The van der Waals surface area contributed by atoms with Gasteiger partial charge in [-0.1, -0.05) is 30.3 Å². The van der Waals surface area contributed by atoms with E-state index in [0.29, 0.717) is 12.0 Å². The lowest BCUT2D eigenvalue weighted by atomic mass is 9.76. The third-order valence-electron chi connectivity index (χ3n) is 5.53. The average Bonchev–Trinajstić information content (AvgIpc) is 2.99. The van der Waals surface area contributed by atoms with Gasteiger partial charge in [0.2, 0.25) is 5.91 Å². The van der Waals surface area contributed by atoms with E-state index in [1.807, 2.05) is 11.0 Å². The zero-order valence-electron chi connectivity index (χ0n) is 13.6. The quantitative estimate of drug-likeness (QED) is 0.859. The van der Waals surface area contributed by atoms with Gasteiger partial charge in [0.1, 0.15) is 0 Å². The van der Waals surface area contributed by atoms with Crippen LogP contribution in [0.2, 0.25) is 0 Å². The van der Waals surface area contributed by atoms with Gasteiger partial charge >= 0.3 is 0 Å². The Bertz CT molecular complexity index is 547. The fourth-order valence-electron chi connectivity index (χ4n) is 4.25. The minimum atomic E-state index is 0.184. The predicted molar refractivity (Wildman–Crippen MR) is 87.1 cm³/mol. The lowest BCUT2D eigenvalue weighted by Crippen LogP contribution is -2.60. The molecular formula is C19H25NO3. The first-order chi connectivity index (χ1) is 11.2. The first kappa shape index (κ1) is 15.2. The van der Waals surface area contributed by atoms with Crippen LogP contribution in [-0.4, -0.2) is 49.8 Å². The van der Waals surface area contributed by atoms with E-state index in [1.54, 1.807) is 0 Å². The van der Waals surface area contributed by atoms with E-state index >= 15 is 0 Å². The Morgan fingerprint density at radius 2 is 1.91 bits per heavy atom. The number of likely N-dealkylation sites (tertiary alicyclic amines) is 1. The molecule has 4 rings (SSSR count). The minimum absolute atomic E-state index is 0.184. The van der Waals surface area contributed by atoms with Gasteiger partial charge in [0, 0.05) is 37.6 Å². The van der Waals surface area contributed by atoms with Crippen molar-refractivity contribution in [1.29, 1.82) is 0 Å². The molecule has 0 N–H and O–H groups in total. The summed E-state index contributed by atoms with van der Waals surface area (Å²) < 4.78 is 11.4. The molecule has 3 fully saturated rings. The van der Waals surface area contributed by atoms with Crippen molar-refractivity contribution >= 4 is 5.91 Å². The third-order valence-corrected chi connectivity index (χ3v) is 5.53. The van der Waals surface area contributed by atoms with Gasteiger partial charge in [-0.2, -0.15) is 0 Å².